The number of carboxylic acids is 1. The van der Waals surface area contributed by atoms with Crippen molar-refractivity contribution < 1.29 is 14.6 Å². The zero-order valence-electron chi connectivity index (χ0n) is 18.8. The van der Waals surface area contributed by atoms with Crippen LogP contribution >= 0.6 is 11.3 Å². The summed E-state index contributed by atoms with van der Waals surface area (Å²) in [5.74, 6) is -0.869. The van der Waals surface area contributed by atoms with E-state index in [0.717, 1.165) is 49.7 Å². The average molecular weight is 463 g/mol. The summed E-state index contributed by atoms with van der Waals surface area (Å²) < 4.78 is 6.47. The number of aromatic nitrogens is 3. The summed E-state index contributed by atoms with van der Waals surface area (Å²) in [5.41, 5.74) is 5.61. The molecule has 2 aromatic carbocycles. The summed E-state index contributed by atoms with van der Waals surface area (Å²) >= 11 is 1.66. The molecule has 2 heterocycles. The van der Waals surface area contributed by atoms with Gasteiger partial charge in [0.2, 0.25) is 0 Å². The Morgan fingerprint density at radius 3 is 2.64 bits per heavy atom. The Hall–Kier alpha value is -3.52. The molecular weight excluding hydrogens is 436 g/mol. The second-order valence-corrected chi connectivity index (χ2v) is 8.97. The number of hydrogen-bond donors (Lipinski definition) is 2. The first-order valence-corrected chi connectivity index (χ1v) is 11.7. The molecule has 0 spiro atoms. The summed E-state index contributed by atoms with van der Waals surface area (Å²) in [7, 11) is 0. The van der Waals surface area contributed by atoms with Crippen molar-refractivity contribution in [1.82, 2.24) is 15.0 Å². The average Bonchev–Trinajstić information content (AvgIpc) is 3.18. The lowest BCUT2D eigenvalue weighted by atomic mass is 9.90. The van der Waals surface area contributed by atoms with Gasteiger partial charge in [-0.05, 0) is 55.5 Å². The Kier molecular flexibility index (Phi) is 6.84. The van der Waals surface area contributed by atoms with E-state index in [1.807, 2.05) is 45.0 Å². The lowest BCUT2D eigenvalue weighted by Crippen LogP contribution is -2.06. The van der Waals surface area contributed by atoms with Gasteiger partial charge in [-0.25, -0.2) is 15.0 Å². The predicted molar refractivity (Wildman–Crippen MR) is 132 cm³/mol. The first-order valence-electron chi connectivity index (χ1n) is 10.9. The number of nitrogens with zero attached hydrogens (tertiary/aromatic N) is 3. The van der Waals surface area contributed by atoms with Crippen molar-refractivity contribution in [2.45, 2.75) is 39.5 Å². The van der Waals surface area contributed by atoms with Gasteiger partial charge in [0.1, 0.15) is 0 Å². The van der Waals surface area contributed by atoms with Gasteiger partial charge in [0, 0.05) is 11.3 Å². The third kappa shape index (κ3) is 5.28. The standard InChI is InChI=1S/C25H26N4O3S/c1-4-16(12-24(30)31)17-6-8-20(18-7-9-21-23(11-18)33-15(3)28-21)22(10-17)29-19-13-26-25(27-14-19)32-5-2/h6-11,13-14,16,29H,4-5,12H2,1-3H3,(H,30,31). The lowest BCUT2D eigenvalue weighted by Gasteiger charge is -2.18. The number of rotatable bonds is 9. The van der Waals surface area contributed by atoms with Crippen molar-refractivity contribution in [3.8, 4) is 17.1 Å². The molecule has 0 saturated heterocycles. The fourth-order valence-electron chi connectivity index (χ4n) is 3.83. The van der Waals surface area contributed by atoms with Crippen molar-refractivity contribution in [2.24, 2.45) is 0 Å². The van der Waals surface area contributed by atoms with Crippen LogP contribution in [0, 0.1) is 6.92 Å². The zero-order chi connectivity index (χ0) is 23.4. The molecule has 1 atom stereocenters. The maximum Gasteiger partial charge on any atom is 0.316 e. The van der Waals surface area contributed by atoms with E-state index >= 15 is 0 Å². The summed E-state index contributed by atoms with van der Waals surface area (Å²) in [4.78, 5) is 24.4. The predicted octanol–water partition coefficient (Wildman–Crippen LogP) is 6.17. The van der Waals surface area contributed by atoms with Crippen LogP contribution in [0.5, 0.6) is 6.01 Å². The number of fused-ring (bicyclic) bond motifs is 1. The number of hydrogen-bond acceptors (Lipinski definition) is 7. The molecule has 1 unspecified atom stereocenters. The summed E-state index contributed by atoms with van der Waals surface area (Å²) in [6, 6.07) is 12.7. The Bertz CT molecular complexity index is 1270. The minimum atomic E-state index is -0.800. The number of aliphatic carboxylic acids is 1. The fourth-order valence-corrected chi connectivity index (χ4v) is 4.69. The van der Waals surface area contributed by atoms with Crippen LogP contribution in [0.3, 0.4) is 0 Å². The first-order chi connectivity index (χ1) is 16.0. The van der Waals surface area contributed by atoms with Gasteiger partial charge in [-0.2, -0.15) is 0 Å². The van der Waals surface area contributed by atoms with E-state index in [0.29, 0.717) is 12.6 Å². The molecule has 170 valence electrons. The van der Waals surface area contributed by atoms with Crippen LogP contribution in [0.4, 0.5) is 11.4 Å². The Labute approximate surface area is 196 Å². The molecular formula is C25H26N4O3S. The van der Waals surface area contributed by atoms with E-state index in [-0.39, 0.29) is 12.3 Å². The van der Waals surface area contributed by atoms with Gasteiger partial charge in [0.15, 0.2) is 0 Å². The van der Waals surface area contributed by atoms with E-state index in [4.69, 9.17) is 4.74 Å². The largest absolute Gasteiger partial charge is 0.481 e. The number of anilines is 2. The summed E-state index contributed by atoms with van der Waals surface area (Å²) in [6.07, 6.45) is 4.19. The van der Waals surface area contributed by atoms with Gasteiger partial charge in [-0.15, -0.1) is 11.3 Å². The molecule has 0 radical (unpaired) electrons. The molecule has 4 aromatic rings. The van der Waals surface area contributed by atoms with Gasteiger partial charge in [-0.3, -0.25) is 4.79 Å². The summed E-state index contributed by atoms with van der Waals surface area (Å²) in [6.45, 7) is 6.40. The molecule has 0 saturated carbocycles. The molecule has 7 nitrogen and oxygen atoms in total. The molecule has 0 aliphatic heterocycles. The number of ether oxygens (including phenoxy) is 1. The van der Waals surface area contributed by atoms with Crippen molar-refractivity contribution >= 4 is 38.9 Å². The van der Waals surface area contributed by atoms with Gasteiger partial charge >= 0.3 is 12.0 Å². The van der Waals surface area contributed by atoms with Crippen molar-refractivity contribution in [2.75, 3.05) is 11.9 Å². The minimum Gasteiger partial charge on any atom is -0.481 e. The maximum atomic E-state index is 11.4. The van der Waals surface area contributed by atoms with Crippen LogP contribution in [0.2, 0.25) is 0 Å². The normalized spacial score (nSPS) is 12.0. The molecule has 2 aromatic heterocycles. The highest BCUT2D eigenvalue weighted by Crippen LogP contribution is 2.37. The monoisotopic (exact) mass is 462 g/mol. The quantitative estimate of drug-likeness (QED) is 0.307. The summed E-state index contributed by atoms with van der Waals surface area (Å²) in [5, 5.41) is 13.8. The van der Waals surface area contributed by atoms with Crippen LogP contribution in [0.25, 0.3) is 21.3 Å². The maximum absolute atomic E-state index is 11.4. The molecule has 0 amide bonds. The number of carbonyl (C=O) groups is 1. The third-order valence-electron chi connectivity index (χ3n) is 5.42. The third-order valence-corrected chi connectivity index (χ3v) is 6.35. The fraction of sp³-hybridized carbons (Fsp3) is 0.280. The van der Waals surface area contributed by atoms with Gasteiger partial charge in [0.25, 0.3) is 0 Å². The zero-order valence-corrected chi connectivity index (χ0v) is 19.6. The number of benzene rings is 2. The van der Waals surface area contributed by atoms with E-state index < -0.39 is 5.97 Å². The van der Waals surface area contributed by atoms with Gasteiger partial charge in [0.05, 0.1) is 46.3 Å². The number of aryl methyl sites for hydroxylation is 1. The lowest BCUT2D eigenvalue weighted by molar-refractivity contribution is -0.137. The van der Waals surface area contributed by atoms with Crippen LogP contribution in [0.1, 0.15) is 43.2 Å². The Balaban J connectivity index is 1.76. The second-order valence-electron chi connectivity index (χ2n) is 7.74. The molecule has 0 bridgehead atoms. The topological polar surface area (TPSA) is 97.2 Å². The number of carboxylic acid groups (broad SMARTS) is 1. The van der Waals surface area contributed by atoms with Crippen molar-refractivity contribution in [3.05, 3.63) is 59.4 Å². The molecule has 4 rings (SSSR count). The highest BCUT2D eigenvalue weighted by Gasteiger charge is 2.17. The van der Waals surface area contributed by atoms with Crippen LogP contribution in [0.15, 0.2) is 48.8 Å². The van der Waals surface area contributed by atoms with Crippen molar-refractivity contribution in [1.29, 1.82) is 0 Å². The van der Waals surface area contributed by atoms with Crippen LogP contribution < -0.4 is 10.1 Å². The number of thiazole rings is 1. The second kappa shape index (κ2) is 9.95. The minimum absolute atomic E-state index is 0.0692. The van der Waals surface area contributed by atoms with E-state index in [1.165, 1.54) is 0 Å². The number of nitrogens with one attached hydrogen (secondary N) is 1. The Morgan fingerprint density at radius 2 is 1.94 bits per heavy atom. The molecule has 0 aliphatic carbocycles. The smallest absolute Gasteiger partial charge is 0.316 e. The highest BCUT2D eigenvalue weighted by atomic mass is 32.1. The van der Waals surface area contributed by atoms with Crippen molar-refractivity contribution in [3.63, 3.8) is 0 Å². The molecule has 0 fully saturated rings. The first kappa shape index (κ1) is 22.7. The van der Waals surface area contributed by atoms with Gasteiger partial charge in [-0.1, -0.05) is 25.1 Å². The molecule has 0 aliphatic rings. The van der Waals surface area contributed by atoms with Gasteiger partial charge < -0.3 is 15.2 Å². The van der Waals surface area contributed by atoms with E-state index in [9.17, 15) is 9.90 Å². The molecule has 8 heteroatoms. The Morgan fingerprint density at radius 1 is 1.15 bits per heavy atom. The molecule has 2 N–H and O–H groups in total. The van der Waals surface area contributed by atoms with E-state index in [1.54, 1.807) is 23.7 Å². The van der Waals surface area contributed by atoms with Crippen LogP contribution in [-0.2, 0) is 4.79 Å². The van der Waals surface area contributed by atoms with E-state index in [2.05, 4.69) is 32.4 Å². The SMILES string of the molecule is CCOc1ncc(Nc2cc(C(CC)CC(=O)O)ccc2-c2ccc3nc(C)sc3c2)cn1. The molecule has 33 heavy (non-hydrogen) atoms. The highest BCUT2D eigenvalue weighted by molar-refractivity contribution is 7.18. The van der Waals surface area contributed by atoms with Crippen LogP contribution in [-0.4, -0.2) is 32.6 Å².